The van der Waals surface area contributed by atoms with Crippen molar-refractivity contribution in [2.75, 3.05) is 43.1 Å². The summed E-state index contributed by atoms with van der Waals surface area (Å²) in [5.74, 6) is 1.05. The van der Waals surface area contributed by atoms with Gasteiger partial charge < -0.3 is 15.0 Å². The Morgan fingerprint density at radius 1 is 1.27 bits per heavy atom. The molecule has 2 aromatic rings. The Morgan fingerprint density at radius 2 is 2.08 bits per heavy atom. The Morgan fingerprint density at radius 3 is 2.81 bits per heavy atom. The minimum atomic E-state index is -0.157. The van der Waals surface area contributed by atoms with Gasteiger partial charge in [-0.2, -0.15) is 4.68 Å². The van der Waals surface area contributed by atoms with Crippen molar-refractivity contribution in [3.05, 3.63) is 30.1 Å². The van der Waals surface area contributed by atoms with Crippen LogP contribution in [0.3, 0.4) is 0 Å². The minimum absolute atomic E-state index is 0.0438. The number of morpholine rings is 1. The summed E-state index contributed by atoms with van der Waals surface area (Å²) in [6, 6.07) is 7.27. The maximum atomic E-state index is 12.1. The Bertz CT molecular complexity index is 775. The highest BCUT2D eigenvalue weighted by Gasteiger charge is 2.17. The number of tetrazole rings is 1. The van der Waals surface area contributed by atoms with E-state index in [-0.39, 0.29) is 23.3 Å². The van der Waals surface area contributed by atoms with Gasteiger partial charge in [-0.1, -0.05) is 6.07 Å². The van der Waals surface area contributed by atoms with Crippen LogP contribution in [0.25, 0.3) is 5.69 Å². The zero-order valence-electron chi connectivity index (χ0n) is 14.4. The molecular weight excluding hydrogens is 356 g/mol. The molecule has 0 radical (unpaired) electrons. The molecule has 1 aromatic heterocycles. The minimum Gasteiger partial charge on any atom is -0.378 e. The molecule has 1 aromatic carbocycles. The van der Waals surface area contributed by atoms with Gasteiger partial charge in [-0.15, -0.1) is 16.9 Å². The number of carbonyl (C=O) groups excluding carboxylic acids is 2. The van der Waals surface area contributed by atoms with Crippen molar-refractivity contribution in [2.45, 2.75) is 6.92 Å². The number of rotatable bonds is 6. The second-order valence-corrected chi connectivity index (χ2v) is 6.71. The molecule has 1 aliphatic heterocycles. The summed E-state index contributed by atoms with van der Waals surface area (Å²) in [7, 11) is 0. The van der Waals surface area contributed by atoms with Gasteiger partial charge in [-0.25, -0.2) is 0 Å². The zero-order chi connectivity index (χ0) is 18.4. The highest BCUT2D eigenvalue weighted by molar-refractivity contribution is 8.00. The van der Waals surface area contributed by atoms with Crippen molar-refractivity contribution in [3.8, 4) is 5.69 Å². The number of ether oxygens (including phenoxy) is 1. The topological polar surface area (TPSA) is 102 Å². The van der Waals surface area contributed by atoms with E-state index >= 15 is 0 Å². The lowest BCUT2D eigenvalue weighted by Crippen LogP contribution is -2.41. The molecule has 1 saturated heterocycles. The summed E-state index contributed by atoms with van der Waals surface area (Å²) in [6.45, 7) is 4.19. The third kappa shape index (κ3) is 4.79. The number of nitrogens with one attached hydrogen (secondary N) is 1. The van der Waals surface area contributed by atoms with Crippen molar-refractivity contribution >= 4 is 29.3 Å². The molecular formula is C16H20N6O3S. The van der Waals surface area contributed by atoms with Crippen LogP contribution in [0.2, 0.25) is 0 Å². The Kier molecular flexibility index (Phi) is 6.18. The maximum Gasteiger partial charge on any atom is 0.234 e. The number of amides is 2. The van der Waals surface area contributed by atoms with Gasteiger partial charge in [0.15, 0.2) is 5.82 Å². The predicted molar refractivity (Wildman–Crippen MR) is 97.2 cm³/mol. The Labute approximate surface area is 155 Å². The van der Waals surface area contributed by atoms with E-state index in [9.17, 15) is 9.59 Å². The molecule has 26 heavy (non-hydrogen) atoms. The van der Waals surface area contributed by atoms with Crippen LogP contribution in [0.1, 0.15) is 5.82 Å². The molecule has 1 fully saturated rings. The number of aryl methyl sites for hydroxylation is 1. The first-order chi connectivity index (χ1) is 12.6. The van der Waals surface area contributed by atoms with Crippen LogP contribution in [-0.2, 0) is 14.3 Å². The molecule has 1 N–H and O–H groups in total. The van der Waals surface area contributed by atoms with E-state index in [0.29, 0.717) is 37.8 Å². The van der Waals surface area contributed by atoms with Crippen LogP contribution >= 0.6 is 11.8 Å². The standard InChI is InChI=1S/C16H20N6O3S/c1-12-18-19-20-22(12)14-4-2-3-13(9-14)17-15(23)10-26-11-16(24)21-5-7-25-8-6-21/h2-4,9H,5-8,10-11H2,1H3,(H,17,23). The van der Waals surface area contributed by atoms with Crippen LogP contribution < -0.4 is 5.32 Å². The van der Waals surface area contributed by atoms with E-state index in [0.717, 1.165) is 5.69 Å². The van der Waals surface area contributed by atoms with Crippen molar-refractivity contribution in [1.29, 1.82) is 0 Å². The molecule has 0 atom stereocenters. The lowest BCUT2D eigenvalue weighted by Gasteiger charge is -2.26. The first-order valence-electron chi connectivity index (χ1n) is 8.22. The summed E-state index contributed by atoms with van der Waals surface area (Å²) in [4.78, 5) is 25.9. The van der Waals surface area contributed by atoms with Gasteiger partial charge in [-0.05, 0) is 35.5 Å². The van der Waals surface area contributed by atoms with E-state index in [1.54, 1.807) is 28.6 Å². The molecule has 9 nitrogen and oxygen atoms in total. The fraction of sp³-hybridized carbons (Fsp3) is 0.438. The van der Waals surface area contributed by atoms with Crippen molar-refractivity contribution in [1.82, 2.24) is 25.1 Å². The average Bonchev–Trinajstić information content (AvgIpc) is 3.08. The summed E-state index contributed by atoms with van der Waals surface area (Å²) in [5.41, 5.74) is 1.42. The molecule has 0 spiro atoms. The molecule has 10 heteroatoms. The number of nitrogens with zero attached hydrogens (tertiary/aromatic N) is 5. The monoisotopic (exact) mass is 376 g/mol. The van der Waals surface area contributed by atoms with E-state index in [1.165, 1.54) is 11.8 Å². The van der Waals surface area contributed by atoms with Gasteiger partial charge in [0, 0.05) is 18.8 Å². The van der Waals surface area contributed by atoms with Crippen LogP contribution in [0, 0.1) is 6.92 Å². The normalized spacial score (nSPS) is 14.3. The summed E-state index contributed by atoms with van der Waals surface area (Å²) >= 11 is 1.31. The molecule has 0 aliphatic carbocycles. The number of benzene rings is 1. The first-order valence-corrected chi connectivity index (χ1v) is 9.37. The van der Waals surface area contributed by atoms with Crippen molar-refractivity contribution < 1.29 is 14.3 Å². The molecule has 0 bridgehead atoms. The van der Waals surface area contributed by atoms with Gasteiger partial charge in [0.05, 0.1) is 30.4 Å². The van der Waals surface area contributed by atoms with Gasteiger partial charge >= 0.3 is 0 Å². The maximum absolute atomic E-state index is 12.1. The lowest BCUT2D eigenvalue weighted by atomic mass is 10.2. The van der Waals surface area contributed by atoms with Crippen LogP contribution in [-0.4, -0.2) is 74.7 Å². The summed E-state index contributed by atoms with van der Waals surface area (Å²) in [6.07, 6.45) is 0. The number of hydrogen-bond acceptors (Lipinski definition) is 7. The second-order valence-electron chi connectivity index (χ2n) is 5.72. The third-order valence-corrected chi connectivity index (χ3v) is 4.74. The zero-order valence-corrected chi connectivity index (χ0v) is 15.2. The fourth-order valence-electron chi connectivity index (χ4n) is 2.52. The predicted octanol–water partition coefficient (Wildman–Crippen LogP) is 0.501. The number of hydrogen-bond donors (Lipinski definition) is 1. The first kappa shape index (κ1) is 18.3. The van der Waals surface area contributed by atoms with Crippen LogP contribution in [0.5, 0.6) is 0 Å². The van der Waals surface area contributed by atoms with E-state index in [2.05, 4.69) is 20.8 Å². The molecule has 0 saturated carbocycles. The van der Waals surface area contributed by atoms with Gasteiger partial charge in [-0.3, -0.25) is 9.59 Å². The van der Waals surface area contributed by atoms with E-state index < -0.39 is 0 Å². The quantitative estimate of drug-likeness (QED) is 0.783. The number of anilines is 1. The van der Waals surface area contributed by atoms with Crippen molar-refractivity contribution in [2.24, 2.45) is 0 Å². The summed E-state index contributed by atoms with van der Waals surface area (Å²) < 4.78 is 6.81. The largest absolute Gasteiger partial charge is 0.378 e. The van der Waals surface area contributed by atoms with Crippen LogP contribution in [0.4, 0.5) is 5.69 Å². The van der Waals surface area contributed by atoms with Crippen LogP contribution in [0.15, 0.2) is 24.3 Å². The molecule has 0 unspecified atom stereocenters. The number of thioether (sulfide) groups is 1. The van der Waals surface area contributed by atoms with Gasteiger partial charge in [0.25, 0.3) is 0 Å². The molecule has 3 rings (SSSR count). The average molecular weight is 376 g/mol. The molecule has 138 valence electrons. The molecule has 1 aliphatic rings. The highest BCUT2D eigenvalue weighted by Crippen LogP contribution is 2.15. The Hall–Kier alpha value is -2.46. The Balaban J connectivity index is 1.47. The SMILES string of the molecule is Cc1nnnn1-c1cccc(NC(=O)CSCC(=O)N2CCOCC2)c1. The second kappa shape index (κ2) is 8.77. The summed E-state index contributed by atoms with van der Waals surface area (Å²) in [5, 5.41) is 14.2. The third-order valence-electron chi connectivity index (χ3n) is 3.82. The fourth-order valence-corrected chi connectivity index (χ4v) is 3.23. The van der Waals surface area contributed by atoms with Gasteiger partial charge in [0.2, 0.25) is 11.8 Å². The van der Waals surface area contributed by atoms with Gasteiger partial charge in [0.1, 0.15) is 0 Å². The number of carbonyl (C=O) groups is 2. The smallest absolute Gasteiger partial charge is 0.234 e. The lowest BCUT2D eigenvalue weighted by molar-refractivity contribution is -0.132. The van der Waals surface area contributed by atoms with Crippen molar-refractivity contribution in [3.63, 3.8) is 0 Å². The van der Waals surface area contributed by atoms with E-state index in [1.807, 2.05) is 12.1 Å². The van der Waals surface area contributed by atoms with E-state index in [4.69, 9.17) is 4.74 Å². The number of aromatic nitrogens is 4. The molecule has 2 amide bonds. The molecule has 2 heterocycles. The highest BCUT2D eigenvalue weighted by atomic mass is 32.2.